The predicted molar refractivity (Wildman–Crippen MR) is 93.2 cm³/mol. The number of carbonyl (C=O) groups excluding carboxylic acids is 2. The molecule has 0 bridgehead atoms. The SMILES string of the molecule is CC(=O)Nc1ccc(Nc2ncc(C(=O)NCC(C)C)cn2)cc1. The summed E-state index contributed by atoms with van der Waals surface area (Å²) in [6.07, 6.45) is 2.97. The van der Waals surface area contributed by atoms with Crippen molar-refractivity contribution in [3.8, 4) is 0 Å². The quantitative estimate of drug-likeness (QED) is 0.758. The Hall–Kier alpha value is -2.96. The van der Waals surface area contributed by atoms with Gasteiger partial charge in [0.25, 0.3) is 5.91 Å². The Balaban J connectivity index is 1.96. The van der Waals surface area contributed by atoms with Gasteiger partial charge in [0.1, 0.15) is 0 Å². The average Bonchev–Trinajstić information content (AvgIpc) is 2.54. The van der Waals surface area contributed by atoms with Crippen molar-refractivity contribution in [2.24, 2.45) is 5.92 Å². The van der Waals surface area contributed by atoms with Gasteiger partial charge in [-0.2, -0.15) is 0 Å². The van der Waals surface area contributed by atoms with Crippen LogP contribution in [0, 0.1) is 5.92 Å². The first kappa shape index (κ1) is 17.4. The number of anilines is 3. The van der Waals surface area contributed by atoms with Gasteiger partial charge in [0.2, 0.25) is 11.9 Å². The van der Waals surface area contributed by atoms with Crippen LogP contribution in [-0.4, -0.2) is 28.3 Å². The van der Waals surface area contributed by atoms with Crippen LogP contribution in [0.25, 0.3) is 0 Å². The van der Waals surface area contributed by atoms with Crippen LogP contribution in [-0.2, 0) is 4.79 Å². The topological polar surface area (TPSA) is 96.0 Å². The summed E-state index contributed by atoms with van der Waals surface area (Å²) in [5.41, 5.74) is 1.91. The number of rotatable bonds is 6. The zero-order valence-electron chi connectivity index (χ0n) is 14.0. The smallest absolute Gasteiger partial charge is 0.254 e. The summed E-state index contributed by atoms with van der Waals surface area (Å²) in [6.45, 7) is 6.13. The van der Waals surface area contributed by atoms with Crippen LogP contribution < -0.4 is 16.0 Å². The first-order valence-corrected chi connectivity index (χ1v) is 7.69. The monoisotopic (exact) mass is 327 g/mol. The van der Waals surface area contributed by atoms with E-state index in [-0.39, 0.29) is 11.8 Å². The van der Waals surface area contributed by atoms with Gasteiger partial charge in [-0.1, -0.05) is 13.8 Å². The van der Waals surface area contributed by atoms with Gasteiger partial charge in [-0.05, 0) is 30.2 Å². The van der Waals surface area contributed by atoms with Gasteiger partial charge in [-0.3, -0.25) is 9.59 Å². The Kier molecular flexibility index (Phi) is 5.83. The summed E-state index contributed by atoms with van der Waals surface area (Å²) in [5.74, 6) is 0.472. The second-order valence-electron chi connectivity index (χ2n) is 5.78. The molecule has 0 radical (unpaired) electrons. The molecule has 7 heteroatoms. The number of hydrogen-bond donors (Lipinski definition) is 3. The lowest BCUT2D eigenvalue weighted by atomic mass is 10.2. The van der Waals surface area contributed by atoms with Crippen molar-refractivity contribution in [3.63, 3.8) is 0 Å². The summed E-state index contributed by atoms with van der Waals surface area (Å²) < 4.78 is 0. The first-order valence-electron chi connectivity index (χ1n) is 7.69. The molecule has 126 valence electrons. The lowest BCUT2D eigenvalue weighted by molar-refractivity contribution is -0.114. The summed E-state index contributed by atoms with van der Waals surface area (Å²) >= 11 is 0. The number of hydrogen-bond acceptors (Lipinski definition) is 5. The van der Waals surface area contributed by atoms with Crippen LogP contribution >= 0.6 is 0 Å². The number of nitrogens with one attached hydrogen (secondary N) is 3. The minimum Gasteiger partial charge on any atom is -0.352 e. The minimum absolute atomic E-state index is 0.120. The van der Waals surface area contributed by atoms with Gasteiger partial charge in [0.05, 0.1) is 5.56 Å². The van der Waals surface area contributed by atoms with Crippen LogP contribution in [0.15, 0.2) is 36.7 Å². The van der Waals surface area contributed by atoms with Crippen molar-refractivity contribution in [1.29, 1.82) is 0 Å². The Morgan fingerprint density at radius 1 is 1.04 bits per heavy atom. The van der Waals surface area contributed by atoms with E-state index in [1.807, 2.05) is 13.8 Å². The van der Waals surface area contributed by atoms with Gasteiger partial charge in [0, 0.05) is 37.2 Å². The maximum atomic E-state index is 11.9. The van der Waals surface area contributed by atoms with E-state index in [1.54, 1.807) is 24.3 Å². The largest absolute Gasteiger partial charge is 0.352 e. The summed E-state index contributed by atoms with van der Waals surface area (Å²) in [7, 11) is 0. The Labute approximate surface area is 140 Å². The van der Waals surface area contributed by atoms with E-state index in [9.17, 15) is 9.59 Å². The standard InChI is InChI=1S/C17H21N5O2/c1-11(2)8-18-16(24)13-9-19-17(20-10-13)22-15-6-4-14(5-7-15)21-12(3)23/h4-7,9-11H,8H2,1-3H3,(H,18,24)(H,21,23)(H,19,20,22). The third-order valence-corrected chi connectivity index (χ3v) is 3.05. The van der Waals surface area contributed by atoms with Crippen LogP contribution in [0.4, 0.5) is 17.3 Å². The molecule has 0 spiro atoms. The van der Waals surface area contributed by atoms with Gasteiger partial charge in [0.15, 0.2) is 0 Å². The third kappa shape index (κ3) is 5.35. The van der Waals surface area contributed by atoms with Crippen LogP contribution in [0.1, 0.15) is 31.1 Å². The molecule has 2 amide bonds. The van der Waals surface area contributed by atoms with Crippen molar-refractivity contribution >= 4 is 29.1 Å². The Morgan fingerprint density at radius 3 is 2.17 bits per heavy atom. The van der Waals surface area contributed by atoms with Gasteiger partial charge in [-0.25, -0.2) is 9.97 Å². The molecule has 3 N–H and O–H groups in total. The molecule has 0 atom stereocenters. The van der Waals surface area contributed by atoms with Crippen molar-refractivity contribution in [2.75, 3.05) is 17.2 Å². The fourth-order valence-electron chi connectivity index (χ4n) is 1.88. The van der Waals surface area contributed by atoms with E-state index in [0.717, 1.165) is 5.69 Å². The predicted octanol–water partition coefficient (Wildman–Crippen LogP) is 2.56. The number of nitrogens with zero attached hydrogens (tertiary/aromatic N) is 2. The number of carbonyl (C=O) groups is 2. The number of amides is 2. The van der Waals surface area contributed by atoms with E-state index >= 15 is 0 Å². The summed E-state index contributed by atoms with van der Waals surface area (Å²) in [4.78, 5) is 31.2. The highest BCUT2D eigenvalue weighted by Gasteiger charge is 2.07. The third-order valence-electron chi connectivity index (χ3n) is 3.05. The van der Waals surface area contributed by atoms with Crippen LogP contribution in [0.5, 0.6) is 0 Å². The molecule has 0 aliphatic heterocycles. The molecule has 0 aliphatic rings. The molecule has 0 aliphatic carbocycles. The molecule has 2 aromatic rings. The van der Waals surface area contributed by atoms with Gasteiger partial charge >= 0.3 is 0 Å². The van der Waals surface area contributed by atoms with E-state index in [0.29, 0.717) is 29.7 Å². The molecule has 0 fully saturated rings. The summed E-state index contributed by atoms with van der Waals surface area (Å²) in [6, 6.07) is 7.16. The molecule has 1 aromatic carbocycles. The van der Waals surface area contributed by atoms with E-state index < -0.39 is 0 Å². The molecule has 0 unspecified atom stereocenters. The Bertz CT molecular complexity index is 696. The zero-order chi connectivity index (χ0) is 17.5. The number of benzene rings is 1. The van der Waals surface area contributed by atoms with Crippen molar-refractivity contribution in [3.05, 3.63) is 42.2 Å². The second kappa shape index (κ2) is 8.05. The van der Waals surface area contributed by atoms with E-state index in [4.69, 9.17) is 0 Å². The second-order valence-corrected chi connectivity index (χ2v) is 5.78. The van der Waals surface area contributed by atoms with Crippen molar-refractivity contribution in [2.45, 2.75) is 20.8 Å². The van der Waals surface area contributed by atoms with Gasteiger partial charge < -0.3 is 16.0 Å². The van der Waals surface area contributed by atoms with Gasteiger partial charge in [-0.15, -0.1) is 0 Å². The fourth-order valence-corrected chi connectivity index (χ4v) is 1.88. The molecule has 0 saturated carbocycles. The molecule has 1 heterocycles. The normalized spacial score (nSPS) is 10.3. The molecule has 1 aromatic heterocycles. The molecule has 2 rings (SSSR count). The molecular formula is C17H21N5O2. The van der Waals surface area contributed by atoms with E-state index in [1.165, 1.54) is 19.3 Å². The first-order chi connectivity index (χ1) is 11.4. The molecule has 7 nitrogen and oxygen atoms in total. The minimum atomic E-state index is -0.185. The van der Waals surface area contributed by atoms with E-state index in [2.05, 4.69) is 25.9 Å². The molecule has 0 saturated heterocycles. The number of aromatic nitrogens is 2. The molecular weight excluding hydrogens is 306 g/mol. The highest BCUT2D eigenvalue weighted by Crippen LogP contribution is 2.16. The van der Waals surface area contributed by atoms with Crippen LogP contribution in [0.3, 0.4) is 0 Å². The zero-order valence-corrected chi connectivity index (χ0v) is 14.0. The summed E-state index contributed by atoms with van der Waals surface area (Å²) in [5, 5.41) is 8.54. The van der Waals surface area contributed by atoms with Crippen molar-refractivity contribution in [1.82, 2.24) is 15.3 Å². The lowest BCUT2D eigenvalue weighted by Crippen LogP contribution is -2.27. The van der Waals surface area contributed by atoms with Crippen molar-refractivity contribution < 1.29 is 9.59 Å². The fraction of sp³-hybridized carbons (Fsp3) is 0.294. The molecule has 24 heavy (non-hydrogen) atoms. The van der Waals surface area contributed by atoms with Crippen LogP contribution in [0.2, 0.25) is 0 Å². The highest BCUT2D eigenvalue weighted by atomic mass is 16.2. The maximum absolute atomic E-state index is 11.9. The Morgan fingerprint density at radius 2 is 1.62 bits per heavy atom. The highest BCUT2D eigenvalue weighted by molar-refractivity contribution is 5.93. The average molecular weight is 327 g/mol. The maximum Gasteiger partial charge on any atom is 0.254 e. The lowest BCUT2D eigenvalue weighted by Gasteiger charge is -2.08.